The molecule has 0 fully saturated rings. The lowest BCUT2D eigenvalue weighted by atomic mass is 9.74. The molecule has 4 aromatic rings. The molecular weight excluding hydrogens is 584 g/mol. The van der Waals surface area contributed by atoms with Crippen LogP contribution in [0.4, 0.5) is 0 Å². The van der Waals surface area contributed by atoms with Gasteiger partial charge in [-0.25, -0.2) is 0 Å². The predicted octanol–water partition coefficient (Wildman–Crippen LogP) is 2.20. The van der Waals surface area contributed by atoms with E-state index >= 15 is 0 Å². The van der Waals surface area contributed by atoms with Crippen molar-refractivity contribution >= 4 is 0 Å². The van der Waals surface area contributed by atoms with Gasteiger partial charge in [-0.3, -0.25) is 0 Å². The third-order valence-electron chi connectivity index (χ3n) is 8.22. The fourth-order valence-corrected chi connectivity index (χ4v) is 6.23. The molecule has 0 saturated heterocycles. The van der Waals surface area contributed by atoms with Crippen molar-refractivity contribution in [2.45, 2.75) is 36.4 Å². The molecule has 3 aliphatic heterocycles. The van der Waals surface area contributed by atoms with Crippen molar-refractivity contribution in [2.75, 3.05) is 0 Å². The molecule has 0 saturated carbocycles. The number of hydrogen-bond donors (Lipinski definition) is 11. The van der Waals surface area contributed by atoms with Gasteiger partial charge < -0.3 is 70.4 Å². The average molecular weight is 609 g/mol. The van der Waals surface area contributed by atoms with Gasteiger partial charge in [0.15, 0.2) is 40.6 Å². The highest BCUT2D eigenvalue weighted by Crippen LogP contribution is 2.62. The van der Waals surface area contributed by atoms with Crippen LogP contribution >= 0.6 is 0 Å². The van der Waals surface area contributed by atoms with E-state index in [-0.39, 0.29) is 51.5 Å². The standard InChI is InChI=1S/C30H24O14/c31-11-5-14(33)22-20(6-11)43-30(10-3-17(36)26(40)18(37)4-10)29(41)24(22)23-21(44-30)8-13(32)12-7-19(38)27(42-28(12)23)9-1-15(34)25(39)16(35)2-9/h1-6,8,19,24,27,29,31-41H,7H2/t19-,24-,27+,29-,30+/m1/s1. The summed E-state index contributed by atoms with van der Waals surface area (Å²) in [7, 11) is 0. The Morgan fingerprint density at radius 1 is 0.614 bits per heavy atom. The van der Waals surface area contributed by atoms with Gasteiger partial charge in [0, 0.05) is 52.4 Å². The van der Waals surface area contributed by atoms with Gasteiger partial charge in [0.25, 0.3) is 0 Å². The van der Waals surface area contributed by atoms with E-state index in [1.165, 1.54) is 6.07 Å². The van der Waals surface area contributed by atoms with E-state index in [0.717, 1.165) is 36.4 Å². The number of rotatable bonds is 2. The van der Waals surface area contributed by atoms with Crippen molar-refractivity contribution in [2.24, 2.45) is 0 Å². The molecule has 14 nitrogen and oxygen atoms in total. The van der Waals surface area contributed by atoms with Crippen LogP contribution in [-0.4, -0.2) is 68.4 Å². The Hall–Kier alpha value is -5.60. The Bertz CT molecular complexity index is 1840. The van der Waals surface area contributed by atoms with Crippen molar-refractivity contribution in [1.29, 1.82) is 0 Å². The highest BCUT2D eigenvalue weighted by atomic mass is 16.7. The van der Waals surface area contributed by atoms with E-state index in [4.69, 9.17) is 14.2 Å². The molecule has 0 aromatic heterocycles. The second-order valence-electron chi connectivity index (χ2n) is 10.9. The maximum absolute atomic E-state index is 11.9. The largest absolute Gasteiger partial charge is 0.508 e. The zero-order valence-corrected chi connectivity index (χ0v) is 22.2. The van der Waals surface area contributed by atoms with Crippen molar-refractivity contribution in [3.8, 4) is 69.0 Å². The minimum absolute atomic E-state index is 0.0261. The quantitative estimate of drug-likeness (QED) is 0.146. The maximum atomic E-state index is 11.9. The minimum atomic E-state index is -2.30. The van der Waals surface area contributed by atoms with Gasteiger partial charge in [-0.2, -0.15) is 0 Å². The Balaban J connectivity index is 1.48. The number of aliphatic hydroxyl groups excluding tert-OH is 2. The van der Waals surface area contributed by atoms with E-state index < -0.39 is 81.8 Å². The van der Waals surface area contributed by atoms with Crippen molar-refractivity contribution in [3.63, 3.8) is 0 Å². The summed E-state index contributed by atoms with van der Waals surface area (Å²) in [6, 6.07) is 7.40. The average Bonchev–Trinajstić information content (AvgIpc) is 2.94. The zero-order valence-electron chi connectivity index (χ0n) is 22.2. The molecular formula is C30H24O14. The molecule has 2 bridgehead atoms. The summed E-state index contributed by atoms with van der Waals surface area (Å²) < 4.78 is 18.4. The highest BCUT2D eigenvalue weighted by molar-refractivity contribution is 5.68. The van der Waals surface area contributed by atoms with Crippen molar-refractivity contribution < 1.29 is 70.4 Å². The monoisotopic (exact) mass is 608 g/mol. The maximum Gasteiger partial charge on any atom is 0.305 e. The summed E-state index contributed by atoms with van der Waals surface area (Å²) in [4.78, 5) is 0. The summed E-state index contributed by atoms with van der Waals surface area (Å²) in [6.07, 6.45) is -4.63. The lowest BCUT2D eigenvalue weighted by Crippen LogP contribution is -2.57. The lowest BCUT2D eigenvalue weighted by Gasteiger charge is -2.50. The fraction of sp³-hybridized carbons (Fsp3) is 0.200. The Labute approximate surface area is 246 Å². The molecule has 11 N–H and O–H groups in total. The number of phenolic OH excluding ortho intramolecular Hbond substituents is 9. The van der Waals surface area contributed by atoms with E-state index in [2.05, 4.69) is 0 Å². The first kappa shape index (κ1) is 27.2. The number of aliphatic hydroxyl groups is 2. The fourth-order valence-electron chi connectivity index (χ4n) is 6.23. The smallest absolute Gasteiger partial charge is 0.305 e. The molecule has 0 spiro atoms. The predicted molar refractivity (Wildman–Crippen MR) is 145 cm³/mol. The van der Waals surface area contributed by atoms with Crippen LogP contribution in [0.15, 0.2) is 42.5 Å². The summed E-state index contributed by atoms with van der Waals surface area (Å²) in [5.74, 6) is -9.88. The molecule has 5 atom stereocenters. The molecule has 0 radical (unpaired) electrons. The number of benzene rings is 4. The zero-order chi connectivity index (χ0) is 31.4. The number of aromatic hydroxyl groups is 9. The highest BCUT2D eigenvalue weighted by Gasteiger charge is 2.60. The van der Waals surface area contributed by atoms with E-state index in [9.17, 15) is 56.2 Å². The number of ether oxygens (including phenoxy) is 3. The molecule has 4 aromatic carbocycles. The third kappa shape index (κ3) is 3.61. The van der Waals surface area contributed by atoms with E-state index in [1.54, 1.807) is 0 Å². The van der Waals surface area contributed by atoms with Crippen LogP contribution in [-0.2, 0) is 12.2 Å². The Morgan fingerprint density at radius 2 is 1.18 bits per heavy atom. The van der Waals surface area contributed by atoms with Gasteiger partial charge in [-0.1, -0.05) is 0 Å². The summed E-state index contributed by atoms with van der Waals surface area (Å²) in [6.45, 7) is 0. The molecule has 0 amide bonds. The first-order chi connectivity index (χ1) is 20.8. The Kier molecular flexibility index (Phi) is 5.54. The van der Waals surface area contributed by atoms with Crippen LogP contribution < -0.4 is 14.2 Å². The molecule has 0 aliphatic carbocycles. The van der Waals surface area contributed by atoms with E-state index in [0.29, 0.717) is 0 Å². The second kappa shape index (κ2) is 8.95. The van der Waals surface area contributed by atoms with Gasteiger partial charge in [-0.15, -0.1) is 0 Å². The van der Waals surface area contributed by atoms with Crippen LogP contribution in [0.25, 0.3) is 0 Å². The van der Waals surface area contributed by atoms with Crippen molar-refractivity contribution in [3.05, 3.63) is 70.3 Å². The normalized spacial score (nSPS) is 24.6. The van der Waals surface area contributed by atoms with Crippen LogP contribution in [0, 0.1) is 0 Å². The SMILES string of the molecule is Oc1cc(O)c2c(c1)O[C@@]1(c3cc(O)c(O)c(O)c3)Oc3cc(O)c4c(c3[C@@H]2[C@H]1O)O[C@@H](c1cc(O)c(O)c(O)c1)[C@H](O)C4. The van der Waals surface area contributed by atoms with Gasteiger partial charge in [0.2, 0.25) is 0 Å². The van der Waals surface area contributed by atoms with Crippen molar-refractivity contribution in [1.82, 2.24) is 0 Å². The first-order valence-electron chi connectivity index (χ1n) is 13.2. The van der Waals surface area contributed by atoms with Crippen LogP contribution in [0.1, 0.15) is 39.8 Å². The molecule has 44 heavy (non-hydrogen) atoms. The Morgan fingerprint density at radius 3 is 1.80 bits per heavy atom. The van der Waals surface area contributed by atoms with Gasteiger partial charge in [-0.05, 0) is 24.3 Å². The minimum Gasteiger partial charge on any atom is -0.508 e. The van der Waals surface area contributed by atoms with Gasteiger partial charge in [0.1, 0.15) is 40.6 Å². The molecule has 0 unspecified atom stereocenters. The molecule has 228 valence electrons. The first-order valence-corrected chi connectivity index (χ1v) is 13.2. The van der Waals surface area contributed by atoms with Crippen LogP contribution in [0.5, 0.6) is 69.0 Å². The van der Waals surface area contributed by atoms with Gasteiger partial charge in [0.05, 0.1) is 12.0 Å². The van der Waals surface area contributed by atoms with Crippen LogP contribution in [0.3, 0.4) is 0 Å². The summed E-state index contributed by atoms with van der Waals surface area (Å²) >= 11 is 0. The van der Waals surface area contributed by atoms with E-state index in [1.807, 2.05) is 0 Å². The number of phenols is 9. The second-order valence-corrected chi connectivity index (χ2v) is 10.9. The lowest BCUT2D eigenvalue weighted by molar-refractivity contribution is -0.219. The van der Waals surface area contributed by atoms with Crippen LogP contribution in [0.2, 0.25) is 0 Å². The number of hydrogen-bond acceptors (Lipinski definition) is 14. The molecule has 3 aliphatic rings. The van der Waals surface area contributed by atoms with Gasteiger partial charge >= 0.3 is 5.79 Å². The summed E-state index contributed by atoms with van der Waals surface area (Å²) in [5.41, 5.74) is -0.00268. The summed E-state index contributed by atoms with van der Waals surface area (Å²) in [5, 5.41) is 116. The molecule has 14 heteroatoms. The molecule has 3 heterocycles. The molecule has 7 rings (SSSR count). The topological polar surface area (TPSA) is 250 Å². The third-order valence-corrected chi connectivity index (χ3v) is 8.22. The number of fused-ring (bicyclic) bond motifs is 8.